The van der Waals surface area contributed by atoms with Gasteiger partial charge in [0.2, 0.25) is 10.0 Å². The van der Waals surface area contributed by atoms with Gasteiger partial charge in [-0.1, -0.05) is 0 Å². The molecule has 1 atom stereocenters. The average molecular weight is 314 g/mol. The van der Waals surface area contributed by atoms with Crippen molar-refractivity contribution in [1.82, 2.24) is 19.8 Å². The van der Waals surface area contributed by atoms with E-state index >= 15 is 0 Å². The molecule has 2 saturated heterocycles. The van der Waals surface area contributed by atoms with Crippen LogP contribution < -0.4 is 10.0 Å². The first-order chi connectivity index (χ1) is 9.83. The maximum atomic E-state index is 12.5. The van der Waals surface area contributed by atoms with Crippen molar-refractivity contribution >= 4 is 16.1 Å². The number of sulfonamides is 1. The van der Waals surface area contributed by atoms with Gasteiger partial charge in [-0.05, 0) is 24.7 Å². The van der Waals surface area contributed by atoms with Crippen molar-refractivity contribution in [2.45, 2.75) is 30.8 Å². The Morgan fingerprint density at radius 2 is 2.10 bits per heavy atom. The van der Waals surface area contributed by atoms with Gasteiger partial charge >= 0.3 is 6.03 Å². The molecule has 0 unspecified atom stereocenters. The van der Waals surface area contributed by atoms with Crippen molar-refractivity contribution in [1.29, 1.82) is 0 Å². The van der Waals surface area contributed by atoms with E-state index in [1.165, 1.54) is 6.26 Å². The third-order valence-corrected chi connectivity index (χ3v) is 6.28. The fourth-order valence-electron chi connectivity index (χ4n) is 4.71. The van der Waals surface area contributed by atoms with Gasteiger partial charge in [0.15, 0.2) is 0 Å². The van der Waals surface area contributed by atoms with Crippen molar-refractivity contribution in [2.75, 3.05) is 39.0 Å². The van der Waals surface area contributed by atoms with E-state index in [-0.39, 0.29) is 17.0 Å². The maximum absolute atomic E-state index is 12.5. The molecular formula is C13H22N4O3S. The van der Waals surface area contributed by atoms with Gasteiger partial charge in [0.25, 0.3) is 0 Å². The van der Waals surface area contributed by atoms with E-state index in [1.54, 1.807) is 0 Å². The molecule has 2 aliphatic heterocycles. The smallest absolute Gasteiger partial charge is 0.317 e. The Hall–Kier alpha value is -0.860. The topological polar surface area (TPSA) is 81.8 Å². The van der Waals surface area contributed by atoms with Crippen molar-refractivity contribution < 1.29 is 13.2 Å². The number of fused-ring (bicyclic) bond motifs is 1. The SMILES string of the molecule is CS(=O)(=O)NCC12CC(N3C[C@H]4CNCCN4C3=O)(C1)C2. The molecule has 5 fully saturated rings. The highest BCUT2D eigenvalue weighted by Gasteiger charge is 2.72. The van der Waals surface area contributed by atoms with E-state index in [1.807, 2.05) is 4.90 Å². The average Bonchev–Trinajstić information content (AvgIpc) is 2.63. The number of nitrogens with one attached hydrogen (secondary N) is 2. The molecule has 3 aliphatic carbocycles. The molecular weight excluding hydrogens is 292 g/mol. The molecule has 3 saturated carbocycles. The molecule has 0 spiro atoms. The zero-order chi connectivity index (χ0) is 14.9. The number of piperazine rings is 1. The predicted octanol–water partition coefficient (Wildman–Crippen LogP) is -0.832. The Labute approximate surface area is 125 Å². The van der Waals surface area contributed by atoms with Gasteiger partial charge in [0, 0.05) is 38.3 Å². The Bertz CT molecular complexity index is 570. The lowest BCUT2D eigenvalue weighted by Gasteiger charge is -2.73. The number of carbonyl (C=O) groups excluding carboxylic acids is 1. The number of amides is 2. The zero-order valence-electron chi connectivity index (χ0n) is 12.3. The molecule has 5 aliphatic rings. The van der Waals surface area contributed by atoms with Gasteiger partial charge in [0.1, 0.15) is 0 Å². The highest BCUT2D eigenvalue weighted by atomic mass is 32.2. The number of hydrogen-bond donors (Lipinski definition) is 2. The Morgan fingerprint density at radius 3 is 2.71 bits per heavy atom. The Kier molecular flexibility index (Phi) is 2.70. The van der Waals surface area contributed by atoms with Crippen LogP contribution in [0, 0.1) is 5.41 Å². The second-order valence-electron chi connectivity index (χ2n) is 7.29. The minimum atomic E-state index is -3.12. The highest BCUT2D eigenvalue weighted by Crippen LogP contribution is 2.70. The second-order valence-corrected chi connectivity index (χ2v) is 9.13. The molecule has 2 N–H and O–H groups in total. The first-order valence-electron chi connectivity index (χ1n) is 7.56. The number of hydrogen-bond acceptors (Lipinski definition) is 4. The molecule has 0 aromatic heterocycles. The van der Waals surface area contributed by atoms with Crippen LogP contribution in [0.4, 0.5) is 4.79 Å². The van der Waals surface area contributed by atoms with Gasteiger partial charge in [-0.25, -0.2) is 17.9 Å². The molecule has 2 amide bonds. The monoisotopic (exact) mass is 314 g/mol. The minimum Gasteiger partial charge on any atom is -0.317 e. The summed E-state index contributed by atoms with van der Waals surface area (Å²) in [6, 6.07) is 0.497. The summed E-state index contributed by atoms with van der Waals surface area (Å²) in [5, 5.41) is 3.34. The molecule has 5 rings (SSSR count). The van der Waals surface area contributed by atoms with Crippen LogP contribution in [0.5, 0.6) is 0 Å². The van der Waals surface area contributed by atoms with E-state index in [0.29, 0.717) is 12.6 Å². The van der Waals surface area contributed by atoms with E-state index in [4.69, 9.17) is 0 Å². The normalized spacial score (nSPS) is 41.6. The summed E-state index contributed by atoms with van der Waals surface area (Å²) >= 11 is 0. The summed E-state index contributed by atoms with van der Waals surface area (Å²) in [7, 11) is -3.12. The van der Waals surface area contributed by atoms with E-state index in [2.05, 4.69) is 14.9 Å². The van der Waals surface area contributed by atoms with Gasteiger partial charge in [-0.2, -0.15) is 0 Å². The van der Waals surface area contributed by atoms with Crippen LogP contribution in [0.3, 0.4) is 0 Å². The molecule has 21 heavy (non-hydrogen) atoms. The summed E-state index contributed by atoms with van der Waals surface area (Å²) in [6.45, 7) is 3.91. The fourth-order valence-corrected chi connectivity index (χ4v) is 5.28. The summed E-state index contributed by atoms with van der Waals surface area (Å²) < 4.78 is 25.0. The lowest BCUT2D eigenvalue weighted by atomic mass is 9.39. The number of urea groups is 1. The number of carbonyl (C=O) groups is 1. The summed E-state index contributed by atoms with van der Waals surface area (Å²) in [5.74, 6) is 0. The highest BCUT2D eigenvalue weighted by molar-refractivity contribution is 7.88. The van der Waals surface area contributed by atoms with E-state index in [9.17, 15) is 13.2 Å². The lowest BCUT2D eigenvalue weighted by Crippen LogP contribution is -2.77. The van der Waals surface area contributed by atoms with Crippen LogP contribution in [0.1, 0.15) is 19.3 Å². The molecule has 0 aromatic rings. The van der Waals surface area contributed by atoms with Gasteiger partial charge in [-0.15, -0.1) is 0 Å². The Morgan fingerprint density at radius 1 is 1.38 bits per heavy atom. The molecule has 2 bridgehead atoms. The molecule has 118 valence electrons. The Balaban J connectivity index is 1.39. The second kappa shape index (κ2) is 4.11. The number of nitrogens with zero attached hydrogens (tertiary/aromatic N) is 2. The molecule has 8 heteroatoms. The summed E-state index contributed by atoms with van der Waals surface area (Å²) in [4.78, 5) is 16.6. The fraction of sp³-hybridized carbons (Fsp3) is 0.923. The number of rotatable bonds is 4. The third kappa shape index (κ3) is 1.99. The molecule has 0 aromatic carbocycles. The molecule has 0 radical (unpaired) electrons. The van der Waals surface area contributed by atoms with Crippen LogP contribution in [-0.4, -0.2) is 74.8 Å². The van der Waals surface area contributed by atoms with Crippen LogP contribution in [0.25, 0.3) is 0 Å². The minimum absolute atomic E-state index is 0.0214. The first-order valence-corrected chi connectivity index (χ1v) is 9.45. The van der Waals surface area contributed by atoms with Crippen molar-refractivity contribution in [3.63, 3.8) is 0 Å². The van der Waals surface area contributed by atoms with Crippen molar-refractivity contribution in [3.05, 3.63) is 0 Å². The van der Waals surface area contributed by atoms with Crippen LogP contribution in [0.15, 0.2) is 0 Å². The van der Waals surface area contributed by atoms with Crippen LogP contribution in [0.2, 0.25) is 0 Å². The molecule has 7 nitrogen and oxygen atoms in total. The lowest BCUT2D eigenvalue weighted by molar-refractivity contribution is -0.194. The van der Waals surface area contributed by atoms with E-state index in [0.717, 1.165) is 45.4 Å². The standard InChI is InChI=1S/C13H22N4O3S/c1-21(19,20)15-9-12-6-13(7-12,8-12)17-5-10-4-14-2-3-16(10)11(17)18/h10,14-15H,2-9H2,1H3/t10-,12?,13?/m1/s1. The maximum Gasteiger partial charge on any atom is 0.320 e. The quantitative estimate of drug-likeness (QED) is 0.709. The van der Waals surface area contributed by atoms with Crippen molar-refractivity contribution in [3.8, 4) is 0 Å². The summed E-state index contributed by atoms with van der Waals surface area (Å²) in [5.41, 5.74) is 0.123. The van der Waals surface area contributed by atoms with Gasteiger partial charge in [-0.3, -0.25) is 0 Å². The van der Waals surface area contributed by atoms with Crippen LogP contribution >= 0.6 is 0 Å². The van der Waals surface area contributed by atoms with E-state index < -0.39 is 10.0 Å². The third-order valence-electron chi connectivity index (χ3n) is 5.61. The van der Waals surface area contributed by atoms with Crippen molar-refractivity contribution in [2.24, 2.45) is 5.41 Å². The first kappa shape index (κ1) is 13.8. The largest absolute Gasteiger partial charge is 0.320 e. The van der Waals surface area contributed by atoms with Gasteiger partial charge < -0.3 is 15.1 Å². The molecule has 2 heterocycles. The van der Waals surface area contributed by atoms with Crippen LogP contribution in [-0.2, 0) is 10.0 Å². The van der Waals surface area contributed by atoms with Gasteiger partial charge in [0.05, 0.1) is 12.3 Å². The summed E-state index contributed by atoms with van der Waals surface area (Å²) in [6.07, 6.45) is 4.04. The zero-order valence-corrected chi connectivity index (χ0v) is 13.1. The predicted molar refractivity (Wildman–Crippen MR) is 77.3 cm³/mol.